The van der Waals surface area contributed by atoms with E-state index in [-0.39, 0.29) is 11.9 Å². The summed E-state index contributed by atoms with van der Waals surface area (Å²) >= 11 is 0. The quantitative estimate of drug-likeness (QED) is 0.369. The van der Waals surface area contributed by atoms with Crippen LogP contribution in [0.2, 0.25) is 0 Å². The van der Waals surface area contributed by atoms with Gasteiger partial charge in [-0.1, -0.05) is 24.3 Å². The molecular weight excluding hydrogens is 444 g/mol. The molecule has 1 amide bonds. The molecule has 1 aromatic heterocycles. The summed E-state index contributed by atoms with van der Waals surface area (Å²) in [6, 6.07) is 20.2. The lowest BCUT2D eigenvalue weighted by atomic mass is 10.0. The predicted octanol–water partition coefficient (Wildman–Crippen LogP) is 5.43. The summed E-state index contributed by atoms with van der Waals surface area (Å²) in [5.74, 6) is 2.33. The molecule has 180 valence electrons. The van der Waals surface area contributed by atoms with Gasteiger partial charge in [0.1, 0.15) is 11.5 Å². The molecule has 0 saturated carbocycles. The summed E-state index contributed by atoms with van der Waals surface area (Å²) < 4.78 is 21.7. The number of aromatic nitrogens is 1. The van der Waals surface area contributed by atoms with Crippen LogP contribution in [-0.2, 0) is 0 Å². The van der Waals surface area contributed by atoms with Crippen LogP contribution in [0.25, 0.3) is 22.2 Å². The Morgan fingerprint density at radius 3 is 2.23 bits per heavy atom. The smallest absolute Gasteiger partial charge is 0.252 e. The first-order valence-corrected chi connectivity index (χ1v) is 11.1. The van der Waals surface area contributed by atoms with E-state index >= 15 is 0 Å². The second-order valence-electron chi connectivity index (χ2n) is 7.95. The van der Waals surface area contributed by atoms with E-state index < -0.39 is 0 Å². The number of pyridine rings is 1. The van der Waals surface area contributed by atoms with Crippen LogP contribution in [0.4, 0.5) is 0 Å². The largest absolute Gasteiger partial charge is 0.497 e. The first-order valence-electron chi connectivity index (χ1n) is 11.1. The van der Waals surface area contributed by atoms with Crippen molar-refractivity contribution in [2.75, 3.05) is 28.4 Å². The maximum Gasteiger partial charge on any atom is 0.252 e. The molecule has 0 aliphatic carbocycles. The van der Waals surface area contributed by atoms with Crippen molar-refractivity contribution in [3.63, 3.8) is 0 Å². The molecule has 0 saturated heterocycles. The van der Waals surface area contributed by atoms with E-state index in [1.54, 1.807) is 34.5 Å². The van der Waals surface area contributed by atoms with Crippen molar-refractivity contribution in [1.82, 2.24) is 10.3 Å². The van der Waals surface area contributed by atoms with Crippen molar-refractivity contribution in [3.8, 4) is 34.3 Å². The highest BCUT2D eigenvalue weighted by Crippen LogP contribution is 2.35. The van der Waals surface area contributed by atoms with E-state index in [0.29, 0.717) is 39.8 Å². The van der Waals surface area contributed by atoms with Gasteiger partial charge in [0.05, 0.1) is 51.3 Å². The zero-order chi connectivity index (χ0) is 24.9. The van der Waals surface area contributed by atoms with Crippen molar-refractivity contribution < 1.29 is 23.7 Å². The molecule has 35 heavy (non-hydrogen) atoms. The Kier molecular flexibility index (Phi) is 7.06. The molecule has 1 atom stereocenters. The average Bonchev–Trinajstić information content (AvgIpc) is 2.91. The van der Waals surface area contributed by atoms with Gasteiger partial charge in [0.15, 0.2) is 11.5 Å². The molecule has 0 aliphatic heterocycles. The van der Waals surface area contributed by atoms with Gasteiger partial charge in [-0.3, -0.25) is 4.79 Å². The van der Waals surface area contributed by atoms with Crippen LogP contribution in [0.5, 0.6) is 23.0 Å². The van der Waals surface area contributed by atoms with Gasteiger partial charge in [-0.25, -0.2) is 4.98 Å². The summed E-state index contributed by atoms with van der Waals surface area (Å²) in [6.07, 6.45) is 0. The lowest BCUT2D eigenvalue weighted by Crippen LogP contribution is -2.27. The number of nitrogens with zero attached hydrogens (tertiary/aromatic N) is 1. The molecule has 7 heteroatoms. The van der Waals surface area contributed by atoms with Crippen molar-refractivity contribution in [2.45, 2.75) is 13.0 Å². The van der Waals surface area contributed by atoms with Gasteiger partial charge in [0.25, 0.3) is 5.91 Å². The van der Waals surface area contributed by atoms with Crippen LogP contribution in [-0.4, -0.2) is 39.3 Å². The number of ether oxygens (including phenoxy) is 4. The standard InChI is InChI=1S/C28H28N2O5/c1-17(18-10-12-26(34-4)27(14-18)35-5)29-28(31)21-16-24(30-23-9-7-6-8-20(21)23)22-15-19(32-2)11-13-25(22)33-3/h6-17H,1-5H3,(H,29,31). The first kappa shape index (κ1) is 23.9. The monoisotopic (exact) mass is 472 g/mol. The molecule has 0 bridgehead atoms. The second-order valence-corrected chi connectivity index (χ2v) is 7.95. The van der Waals surface area contributed by atoms with E-state index in [0.717, 1.165) is 16.5 Å². The zero-order valence-corrected chi connectivity index (χ0v) is 20.4. The van der Waals surface area contributed by atoms with Crippen LogP contribution in [0.3, 0.4) is 0 Å². The summed E-state index contributed by atoms with van der Waals surface area (Å²) in [5.41, 5.74) is 3.47. The Balaban J connectivity index is 1.74. The third-order valence-corrected chi connectivity index (χ3v) is 5.90. The lowest BCUT2D eigenvalue weighted by molar-refractivity contribution is 0.0941. The second kappa shape index (κ2) is 10.3. The molecular formula is C28H28N2O5. The molecule has 4 rings (SSSR count). The number of fused-ring (bicyclic) bond motifs is 1. The molecule has 0 aliphatic rings. The van der Waals surface area contributed by atoms with Crippen LogP contribution >= 0.6 is 0 Å². The zero-order valence-electron chi connectivity index (χ0n) is 20.4. The summed E-state index contributed by atoms with van der Waals surface area (Å²) in [4.78, 5) is 18.3. The lowest BCUT2D eigenvalue weighted by Gasteiger charge is -2.18. The molecule has 3 aromatic carbocycles. The maximum absolute atomic E-state index is 13.5. The summed E-state index contributed by atoms with van der Waals surface area (Å²) in [7, 11) is 6.38. The normalized spacial score (nSPS) is 11.6. The van der Waals surface area contributed by atoms with Crippen molar-refractivity contribution in [1.29, 1.82) is 0 Å². The fourth-order valence-corrected chi connectivity index (χ4v) is 4.00. The van der Waals surface area contributed by atoms with Crippen molar-refractivity contribution in [2.24, 2.45) is 0 Å². The van der Waals surface area contributed by atoms with Gasteiger partial charge >= 0.3 is 0 Å². The topological polar surface area (TPSA) is 78.9 Å². The molecule has 0 spiro atoms. The Morgan fingerprint density at radius 1 is 0.800 bits per heavy atom. The number of para-hydroxylation sites is 1. The Morgan fingerprint density at radius 2 is 1.51 bits per heavy atom. The summed E-state index contributed by atoms with van der Waals surface area (Å²) in [5, 5.41) is 3.86. The molecule has 0 radical (unpaired) electrons. The number of hydrogen-bond acceptors (Lipinski definition) is 6. The number of methoxy groups -OCH3 is 4. The minimum absolute atomic E-state index is 0.214. The number of nitrogens with one attached hydrogen (secondary N) is 1. The third-order valence-electron chi connectivity index (χ3n) is 5.90. The van der Waals surface area contributed by atoms with Crippen LogP contribution in [0.15, 0.2) is 66.7 Å². The predicted molar refractivity (Wildman–Crippen MR) is 136 cm³/mol. The Hall–Kier alpha value is -4.26. The van der Waals surface area contributed by atoms with E-state index in [4.69, 9.17) is 23.9 Å². The molecule has 1 N–H and O–H groups in total. The molecule has 1 unspecified atom stereocenters. The van der Waals surface area contributed by atoms with Crippen LogP contribution in [0.1, 0.15) is 28.9 Å². The number of hydrogen-bond donors (Lipinski definition) is 1. The number of rotatable bonds is 8. The highest BCUT2D eigenvalue weighted by Gasteiger charge is 2.19. The van der Waals surface area contributed by atoms with Gasteiger partial charge in [0, 0.05) is 10.9 Å². The molecule has 4 aromatic rings. The van der Waals surface area contributed by atoms with Gasteiger partial charge in [-0.2, -0.15) is 0 Å². The van der Waals surface area contributed by atoms with E-state index in [1.165, 1.54) is 0 Å². The first-order chi connectivity index (χ1) is 17.0. The van der Waals surface area contributed by atoms with Gasteiger partial charge in [-0.15, -0.1) is 0 Å². The van der Waals surface area contributed by atoms with Crippen LogP contribution < -0.4 is 24.3 Å². The average molecular weight is 473 g/mol. The minimum atomic E-state index is -0.274. The fraction of sp³-hybridized carbons (Fsp3) is 0.214. The molecule has 1 heterocycles. The van der Waals surface area contributed by atoms with Gasteiger partial charge in [0.2, 0.25) is 0 Å². The van der Waals surface area contributed by atoms with Crippen LogP contribution in [0, 0.1) is 0 Å². The van der Waals surface area contributed by atoms with Gasteiger partial charge < -0.3 is 24.3 Å². The van der Waals surface area contributed by atoms with E-state index in [2.05, 4.69) is 5.32 Å². The van der Waals surface area contributed by atoms with E-state index in [9.17, 15) is 4.79 Å². The fourth-order valence-electron chi connectivity index (χ4n) is 4.00. The van der Waals surface area contributed by atoms with Gasteiger partial charge in [-0.05, 0) is 55.0 Å². The maximum atomic E-state index is 13.5. The number of amides is 1. The Bertz CT molecular complexity index is 1370. The third kappa shape index (κ3) is 4.84. The van der Waals surface area contributed by atoms with Crippen molar-refractivity contribution in [3.05, 3.63) is 77.9 Å². The molecule has 0 fully saturated rings. The highest BCUT2D eigenvalue weighted by atomic mass is 16.5. The van der Waals surface area contributed by atoms with E-state index in [1.807, 2.05) is 67.6 Å². The molecule has 7 nitrogen and oxygen atoms in total. The summed E-state index contributed by atoms with van der Waals surface area (Å²) in [6.45, 7) is 1.93. The SMILES string of the molecule is COc1ccc(OC)c(-c2cc(C(=O)NC(C)c3ccc(OC)c(OC)c3)c3ccccc3n2)c1. The number of benzene rings is 3. The highest BCUT2D eigenvalue weighted by molar-refractivity contribution is 6.07. The van der Waals surface area contributed by atoms with Crippen molar-refractivity contribution >= 4 is 16.8 Å². The number of carbonyl (C=O) groups excluding carboxylic acids is 1. The minimum Gasteiger partial charge on any atom is -0.497 e. The number of carbonyl (C=O) groups is 1. The Labute approximate surface area is 204 Å².